The molecule has 0 atom stereocenters. The molecule has 0 amide bonds. The van der Waals surface area contributed by atoms with E-state index in [1.165, 1.54) is 0 Å². The van der Waals surface area contributed by atoms with Gasteiger partial charge < -0.3 is 10.5 Å². The monoisotopic (exact) mass is 218 g/mol. The lowest BCUT2D eigenvalue weighted by atomic mass is 10.2. The highest BCUT2D eigenvalue weighted by Crippen LogP contribution is 2.14. The van der Waals surface area contributed by atoms with E-state index >= 15 is 0 Å². The lowest BCUT2D eigenvalue weighted by Crippen LogP contribution is -2.05. The van der Waals surface area contributed by atoms with Crippen LogP contribution in [0.5, 0.6) is 5.75 Å². The van der Waals surface area contributed by atoms with Gasteiger partial charge in [0.2, 0.25) is 5.95 Å². The zero-order valence-corrected chi connectivity index (χ0v) is 9.34. The molecule has 0 aliphatic carbocycles. The first-order valence-corrected chi connectivity index (χ1v) is 5.00. The summed E-state index contributed by atoms with van der Waals surface area (Å²) in [6.07, 6.45) is 0. The number of ether oxygens (including phenoxy) is 1. The number of benzene rings is 1. The fourth-order valence-corrected chi connectivity index (χ4v) is 1.35. The van der Waals surface area contributed by atoms with Crippen molar-refractivity contribution in [1.29, 1.82) is 0 Å². The second-order valence-electron chi connectivity index (χ2n) is 3.64. The summed E-state index contributed by atoms with van der Waals surface area (Å²) in [5, 5.41) is 7.67. The molecule has 0 spiro atoms. The van der Waals surface area contributed by atoms with Crippen LogP contribution in [-0.2, 0) is 13.7 Å². The van der Waals surface area contributed by atoms with Crippen LogP contribution < -0.4 is 10.5 Å². The quantitative estimate of drug-likeness (QED) is 0.842. The van der Waals surface area contributed by atoms with Crippen LogP contribution in [0, 0.1) is 6.92 Å². The third-order valence-corrected chi connectivity index (χ3v) is 2.36. The molecule has 0 aliphatic rings. The zero-order chi connectivity index (χ0) is 11.5. The first-order valence-electron chi connectivity index (χ1n) is 5.00. The van der Waals surface area contributed by atoms with E-state index in [4.69, 9.17) is 10.5 Å². The maximum atomic E-state index is 5.59. The van der Waals surface area contributed by atoms with E-state index in [0.717, 1.165) is 11.3 Å². The van der Waals surface area contributed by atoms with E-state index in [9.17, 15) is 0 Å². The fraction of sp³-hybridized carbons (Fsp3) is 0.273. The molecule has 16 heavy (non-hydrogen) atoms. The second kappa shape index (κ2) is 4.22. The van der Waals surface area contributed by atoms with E-state index < -0.39 is 0 Å². The van der Waals surface area contributed by atoms with Crippen molar-refractivity contribution < 1.29 is 4.74 Å². The van der Waals surface area contributed by atoms with Crippen LogP contribution in [0.1, 0.15) is 11.4 Å². The Labute approximate surface area is 93.9 Å². The van der Waals surface area contributed by atoms with E-state index in [1.807, 2.05) is 38.2 Å². The topological polar surface area (TPSA) is 66.0 Å². The number of aromatic nitrogens is 3. The van der Waals surface area contributed by atoms with Crippen molar-refractivity contribution >= 4 is 5.95 Å². The van der Waals surface area contributed by atoms with Crippen molar-refractivity contribution in [2.45, 2.75) is 13.5 Å². The molecule has 2 rings (SSSR count). The van der Waals surface area contributed by atoms with Crippen molar-refractivity contribution in [2.75, 3.05) is 5.73 Å². The molecule has 1 aromatic heterocycles. The number of nitrogens with two attached hydrogens (primary N) is 1. The Morgan fingerprint density at radius 3 is 2.81 bits per heavy atom. The molecule has 0 saturated heterocycles. The number of hydrogen-bond acceptors (Lipinski definition) is 4. The van der Waals surface area contributed by atoms with Gasteiger partial charge in [0, 0.05) is 7.05 Å². The third kappa shape index (κ3) is 2.13. The molecule has 1 aromatic carbocycles. The van der Waals surface area contributed by atoms with Gasteiger partial charge in [0.05, 0.1) is 0 Å². The van der Waals surface area contributed by atoms with Crippen LogP contribution in [0.2, 0.25) is 0 Å². The largest absolute Gasteiger partial charge is 0.486 e. The van der Waals surface area contributed by atoms with Gasteiger partial charge in [0.25, 0.3) is 0 Å². The molecule has 0 fully saturated rings. The van der Waals surface area contributed by atoms with Crippen molar-refractivity contribution in [3.05, 3.63) is 35.7 Å². The molecule has 0 radical (unpaired) electrons. The Morgan fingerprint density at radius 2 is 2.19 bits per heavy atom. The molecular weight excluding hydrogens is 204 g/mol. The summed E-state index contributed by atoms with van der Waals surface area (Å²) in [5.74, 6) is 1.92. The number of rotatable bonds is 3. The smallest absolute Gasteiger partial charge is 0.221 e. The lowest BCUT2D eigenvalue weighted by molar-refractivity contribution is 0.291. The Hall–Kier alpha value is -2.04. The predicted molar refractivity (Wildman–Crippen MR) is 60.9 cm³/mol. The van der Waals surface area contributed by atoms with Gasteiger partial charge in [-0.2, -0.15) is 0 Å². The van der Waals surface area contributed by atoms with Crippen LogP contribution in [0.25, 0.3) is 0 Å². The van der Waals surface area contributed by atoms with E-state index in [-0.39, 0.29) is 0 Å². The van der Waals surface area contributed by atoms with Gasteiger partial charge in [-0.1, -0.05) is 12.1 Å². The second-order valence-corrected chi connectivity index (χ2v) is 3.64. The summed E-state index contributed by atoms with van der Waals surface area (Å²) in [7, 11) is 1.81. The maximum absolute atomic E-state index is 5.59. The number of hydrogen-bond donors (Lipinski definition) is 1. The molecule has 5 heteroatoms. The van der Waals surface area contributed by atoms with Crippen LogP contribution in [0.3, 0.4) is 0 Å². The predicted octanol–water partition coefficient (Wildman–Crippen LogP) is 1.28. The first-order chi connectivity index (χ1) is 7.66. The summed E-state index contributed by atoms with van der Waals surface area (Å²) in [6, 6.07) is 7.86. The van der Waals surface area contributed by atoms with Crippen LogP contribution in [0.4, 0.5) is 5.95 Å². The average Bonchev–Trinajstić information content (AvgIpc) is 2.57. The number of nitrogens with zero attached hydrogens (tertiary/aromatic N) is 3. The highest BCUT2D eigenvalue weighted by Gasteiger charge is 2.05. The van der Waals surface area contributed by atoms with Crippen molar-refractivity contribution in [1.82, 2.24) is 14.8 Å². The van der Waals surface area contributed by atoms with Crippen molar-refractivity contribution in [3.63, 3.8) is 0 Å². The summed E-state index contributed by atoms with van der Waals surface area (Å²) in [5.41, 5.74) is 6.73. The van der Waals surface area contributed by atoms with Crippen LogP contribution in [0.15, 0.2) is 24.3 Å². The van der Waals surface area contributed by atoms with E-state index in [0.29, 0.717) is 18.4 Å². The van der Waals surface area contributed by atoms with Gasteiger partial charge in [0.15, 0.2) is 5.82 Å². The SMILES string of the molecule is Cc1cccc(OCc2nnc(N)n2C)c1. The highest BCUT2D eigenvalue weighted by atomic mass is 16.5. The minimum atomic E-state index is 0.365. The number of aryl methyl sites for hydroxylation is 1. The minimum absolute atomic E-state index is 0.365. The molecule has 2 N–H and O–H groups in total. The molecule has 5 nitrogen and oxygen atoms in total. The van der Waals surface area contributed by atoms with Crippen LogP contribution >= 0.6 is 0 Å². The zero-order valence-electron chi connectivity index (χ0n) is 9.34. The summed E-state index contributed by atoms with van der Waals surface area (Å²) in [4.78, 5) is 0. The maximum Gasteiger partial charge on any atom is 0.221 e. The standard InChI is InChI=1S/C11H14N4O/c1-8-4-3-5-9(6-8)16-7-10-13-14-11(12)15(10)2/h3-6H,7H2,1-2H3,(H2,12,14). The van der Waals surface area contributed by atoms with Crippen LogP contribution in [-0.4, -0.2) is 14.8 Å². The van der Waals surface area contributed by atoms with Crippen molar-refractivity contribution in [2.24, 2.45) is 7.05 Å². The Balaban J connectivity index is 2.05. The normalized spacial score (nSPS) is 10.4. The molecule has 1 heterocycles. The average molecular weight is 218 g/mol. The molecule has 0 saturated carbocycles. The number of nitrogen functional groups attached to an aromatic ring is 1. The van der Waals surface area contributed by atoms with Gasteiger partial charge in [-0.15, -0.1) is 10.2 Å². The summed E-state index contributed by atoms with van der Waals surface area (Å²) < 4.78 is 7.29. The molecule has 0 bridgehead atoms. The Kier molecular flexibility index (Phi) is 2.76. The molecule has 84 valence electrons. The van der Waals surface area contributed by atoms with Crippen molar-refractivity contribution in [3.8, 4) is 5.75 Å². The molecule has 0 aliphatic heterocycles. The van der Waals surface area contributed by atoms with Gasteiger partial charge in [-0.05, 0) is 24.6 Å². The van der Waals surface area contributed by atoms with Gasteiger partial charge in [0.1, 0.15) is 12.4 Å². The third-order valence-electron chi connectivity index (χ3n) is 2.36. The molecule has 0 unspecified atom stereocenters. The molecular formula is C11H14N4O. The first kappa shape index (κ1) is 10.5. The minimum Gasteiger partial charge on any atom is -0.486 e. The van der Waals surface area contributed by atoms with E-state index in [2.05, 4.69) is 10.2 Å². The van der Waals surface area contributed by atoms with Gasteiger partial charge in [-0.3, -0.25) is 4.57 Å². The fourth-order valence-electron chi connectivity index (χ4n) is 1.35. The summed E-state index contributed by atoms with van der Waals surface area (Å²) >= 11 is 0. The van der Waals surface area contributed by atoms with Gasteiger partial charge >= 0.3 is 0 Å². The Bertz CT molecular complexity index is 492. The lowest BCUT2D eigenvalue weighted by Gasteiger charge is -2.06. The number of anilines is 1. The highest BCUT2D eigenvalue weighted by molar-refractivity contribution is 5.27. The van der Waals surface area contributed by atoms with E-state index in [1.54, 1.807) is 4.57 Å². The Morgan fingerprint density at radius 1 is 1.38 bits per heavy atom. The summed E-state index contributed by atoms with van der Waals surface area (Å²) in [6.45, 7) is 2.39. The molecule has 2 aromatic rings. The van der Waals surface area contributed by atoms with Gasteiger partial charge in [-0.25, -0.2) is 0 Å².